The molecule has 0 rings (SSSR count). The molecule has 0 aliphatic carbocycles. The lowest BCUT2D eigenvalue weighted by Gasteiger charge is -2.38. The molecule has 0 N–H and O–H groups in total. The van der Waals surface area contributed by atoms with E-state index in [0.29, 0.717) is 0 Å². The van der Waals surface area contributed by atoms with Crippen molar-refractivity contribution in [1.82, 2.24) is 0 Å². The van der Waals surface area contributed by atoms with E-state index < -0.39 is 8.32 Å². The molecular weight excluding hydrogens is 256 g/mol. The van der Waals surface area contributed by atoms with Gasteiger partial charge in [0, 0.05) is 0 Å². The predicted molar refractivity (Wildman–Crippen MR) is 82.1 cm³/mol. The Balaban J connectivity index is 4.62. The number of hydrogen-bond donors (Lipinski definition) is 0. The molecule has 1 unspecified atom stereocenters. The van der Waals surface area contributed by atoms with Crippen LogP contribution in [0.15, 0.2) is 24.5 Å². The number of hydrogen-bond acceptors (Lipinski definition) is 2. The van der Waals surface area contributed by atoms with E-state index in [-0.39, 0.29) is 11.1 Å². The van der Waals surface area contributed by atoms with E-state index in [4.69, 9.17) is 4.43 Å². The molecule has 0 saturated carbocycles. The maximum Gasteiger partial charge on any atom is 0.340 e. The van der Waals surface area contributed by atoms with Crippen LogP contribution in [0.1, 0.15) is 40.5 Å². The molecule has 0 fully saturated rings. The Kier molecular flexibility index (Phi) is 7.82. The Bertz CT molecular complexity index is 278. The number of rotatable bonds is 7. The van der Waals surface area contributed by atoms with E-state index in [0.717, 1.165) is 12.8 Å². The fourth-order valence-corrected chi connectivity index (χ4v) is 2.69. The van der Waals surface area contributed by atoms with Crippen LogP contribution >= 0.6 is 0 Å². The minimum atomic E-state index is -1.69. The van der Waals surface area contributed by atoms with Crippen molar-refractivity contribution in [3.8, 4) is 0 Å². The second-order valence-corrected chi connectivity index (χ2v) is 11.0. The minimum absolute atomic E-state index is 0.204. The van der Waals surface area contributed by atoms with Crippen molar-refractivity contribution >= 4 is 18.8 Å². The summed E-state index contributed by atoms with van der Waals surface area (Å²) in [5.41, 5.74) is 0. The average molecular weight is 284 g/mol. The van der Waals surface area contributed by atoms with Crippen LogP contribution in [0.5, 0.6) is 0 Å². The Labute approximate surface area is 117 Å². The lowest BCUT2D eigenvalue weighted by Crippen LogP contribution is -2.43. The zero-order chi connectivity index (χ0) is 14.2. The molecule has 4 heteroatoms. The van der Waals surface area contributed by atoms with Crippen LogP contribution in [0, 0.1) is 0 Å². The topological polar surface area (TPSA) is 18.5 Å². The summed E-state index contributed by atoms with van der Waals surface area (Å²) in [5.74, 6) is 0. The van der Waals surface area contributed by atoms with Gasteiger partial charge in [-0.3, -0.25) is 0 Å². The van der Waals surface area contributed by atoms with Crippen molar-refractivity contribution in [3.63, 3.8) is 0 Å². The van der Waals surface area contributed by atoms with E-state index in [2.05, 4.69) is 61.8 Å². The lowest BCUT2D eigenvalue weighted by atomic mass is 10.2. The highest BCUT2D eigenvalue weighted by Gasteiger charge is 2.38. The van der Waals surface area contributed by atoms with Gasteiger partial charge < -0.3 is 8.85 Å². The van der Waals surface area contributed by atoms with Gasteiger partial charge >= 0.3 is 10.5 Å². The largest absolute Gasteiger partial charge is 0.546 e. The predicted octanol–water partition coefficient (Wildman–Crippen LogP) is 4.35. The molecule has 0 aliphatic heterocycles. The third-order valence-corrected chi connectivity index (χ3v) is 8.05. The van der Waals surface area contributed by atoms with Crippen LogP contribution < -0.4 is 0 Å². The van der Waals surface area contributed by atoms with Gasteiger partial charge in [0.15, 0.2) is 8.32 Å². The van der Waals surface area contributed by atoms with Gasteiger partial charge in [-0.25, -0.2) is 0 Å². The first-order chi connectivity index (χ1) is 8.24. The normalized spacial score (nSPS) is 15.5. The van der Waals surface area contributed by atoms with Crippen molar-refractivity contribution in [3.05, 3.63) is 24.5 Å². The van der Waals surface area contributed by atoms with Crippen molar-refractivity contribution in [2.24, 2.45) is 0 Å². The highest BCUT2D eigenvalue weighted by atomic mass is 28.4. The second kappa shape index (κ2) is 7.97. The zero-order valence-corrected chi connectivity index (χ0v) is 14.6. The Hall–Kier alpha value is -0.326. The Morgan fingerprint density at radius 2 is 1.83 bits per heavy atom. The third-order valence-electron chi connectivity index (χ3n) is 3.41. The molecule has 0 heterocycles. The molecule has 3 radical (unpaired) electrons. The first kappa shape index (κ1) is 17.7. The van der Waals surface area contributed by atoms with Gasteiger partial charge in [-0.15, -0.1) is 0 Å². The van der Waals surface area contributed by atoms with Crippen LogP contribution in [0.25, 0.3) is 0 Å². The molecule has 0 aromatic carbocycles. The quantitative estimate of drug-likeness (QED) is 0.393. The summed E-state index contributed by atoms with van der Waals surface area (Å²) in [7, 11) is 1.23. The first-order valence-corrected chi connectivity index (χ1v) is 9.89. The van der Waals surface area contributed by atoms with Crippen molar-refractivity contribution in [2.75, 3.05) is 0 Å². The van der Waals surface area contributed by atoms with Crippen LogP contribution in [0.3, 0.4) is 0 Å². The van der Waals surface area contributed by atoms with Crippen LogP contribution in [-0.4, -0.2) is 24.9 Å². The standard InChI is InChI=1S/C14H27O2Si2/c1-7-10-13(11-8-9-12-15-17)16-18(5,6)14(2,3)4/h8-9,11-13H,7,10H2,1-6H3/b11-8-,12-9+. The van der Waals surface area contributed by atoms with E-state index in [9.17, 15) is 0 Å². The maximum atomic E-state index is 6.39. The molecule has 0 aromatic heterocycles. The van der Waals surface area contributed by atoms with Gasteiger partial charge in [-0.05, 0) is 30.6 Å². The summed E-state index contributed by atoms with van der Waals surface area (Å²) in [6.45, 7) is 13.6. The lowest BCUT2D eigenvalue weighted by molar-refractivity contribution is 0.214. The molecule has 0 amide bonds. The SMILES string of the molecule is CCCC(/C=C\C=C\O[Si])O[Si](C)(C)C(C)(C)C. The molecular formula is C14H27O2Si2. The van der Waals surface area contributed by atoms with Crippen molar-refractivity contribution < 1.29 is 8.85 Å². The second-order valence-electron chi connectivity index (χ2n) is 6.04. The smallest absolute Gasteiger partial charge is 0.340 e. The summed E-state index contributed by atoms with van der Waals surface area (Å²) in [4.78, 5) is 0. The summed E-state index contributed by atoms with van der Waals surface area (Å²) >= 11 is 0. The molecule has 18 heavy (non-hydrogen) atoms. The van der Waals surface area contributed by atoms with Gasteiger partial charge in [0.2, 0.25) is 0 Å². The van der Waals surface area contributed by atoms with E-state index in [1.165, 1.54) is 0 Å². The van der Waals surface area contributed by atoms with Gasteiger partial charge in [0.05, 0.1) is 12.4 Å². The van der Waals surface area contributed by atoms with E-state index in [1.807, 2.05) is 12.2 Å². The van der Waals surface area contributed by atoms with Crippen molar-refractivity contribution in [2.45, 2.75) is 64.8 Å². The summed E-state index contributed by atoms with van der Waals surface area (Å²) in [5, 5.41) is 0.251. The summed E-state index contributed by atoms with van der Waals surface area (Å²) in [6.07, 6.45) is 9.93. The van der Waals surface area contributed by atoms with Gasteiger partial charge in [0.1, 0.15) is 0 Å². The first-order valence-electron chi connectivity index (χ1n) is 6.58. The van der Waals surface area contributed by atoms with Crippen LogP contribution in [0.2, 0.25) is 18.1 Å². The summed E-state index contributed by atoms with van der Waals surface area (Å²) in [6, 6.07) is 0. The number of allylic oxidation sites excluding steroid dienone is 2. The van der Waals surface area contributed by atoms with Crippen LogP contribution in [0.4, 0.5) is 0 Å². The molecule has 103 valence electrons. The average Bonchev–Trinajstić information content (AvgIpc) is 2.22. The molecule has 2 nitrogen and oxygen atoms in total. The Morgan fingerprint density at radius 1 is 1.22 bits per heavy atom. The van der Waals surface area contributed by atoms with Gasteiger partial charge in [-0.2, -0.15) is 0 Å². The molecule has 0 saturated heterocycles. The molecule has 0 bridgehead atoms. The monoisotopic (exact) mass is 283 g/mol. The van der Waals surface area contributed by atoms with Gasteiger partial charge in [-0.1, -0.05) is 46.3 Å². The maximum absolute atomic E-state index is 6.39. The van der Waals surface area contributed by atoms with Crippen molar-refractivity contribution in [1.29, 1.82) is 0 Å². The molecule has 0 spiro atoms. The highest BCUT2D eigenvalue weighted by Crippen LogP contribution is 2.37. The Morgan fingerprint density at radius 3 is 2.28 bits per heavy atom. The van der Waals surface area contributed by atoms with E-state index >= 15 is 0 Å². The minimum Gasteiger partial charge on any atom is -0.546 e. The fraction of sp³-hybridized carbons (Fsp3) is 0.714. The zero-order valence-electron chi connectivity index (χ0n) is 12.6. The van der Waals surface area contributed by atoms with E-state index in [1.54, 1.807) is 6.26 Å². The third kappa shape index (κ3) is 6.56. The molecule has 0 aliphatic rings. The molecule has 1 atom stereocenters. The van der Waals surface area contributed by atoms with Crippen LogP contribution in [-0.2, 0) is 8.85 Å². The highest BCUT2D eigenvalue weighted by molar-refractivity contribution is 6.74. The molecule has 0 aromatic rings. The summed E-state index contributed by atoms with van der Waals surface area (Å²) < 4.78 is 11.1. The van der Waals surface area contributed by atoms with Gasteiger partial charge in [0.25, 0.3) is 0 Å². The fourth-order valence-electron chi connectivity index (χ4n) is 1.31.